The lowest BCUT2D eigenvalue weighted by Gasteiger charge is -2.20. The second kappa shape index (κ2) is 6.68. The molecule has 23 heavy (non-hydrogen) atoms. The largest absolute Gasteiger partial charge is 0.444 e. The third-order valence-corrected chi connectivity index (χ3v) is 3.00. The monoisotopic (exact) mass is 320 g/mol. The summed E-state index contributed by atoms with van der Waals surface area (Å²) in [5.74, 6) is -0.530. The van der Waals surface area contributed by atoms with Crippen LogP contribution in [0.15, 0.2) is 24.5 Å². The van der Waals surface area contributed by atoms with Gasteiger partial charge in [-0.25, -0.2) is 14.2 Å². The maximum absolute atomic E-state index is 13.8. The molecule has 2 aromatic rings. The summed E-state index contributed by atoms with van der Waals surface area (Å²) < 4.78 is 18.9. The molecule has 0 aliphatic rings. The van der Waals surface area contributed by atoms with E-state index in [9.17, 15) is 9.18 Å². The van der Waals surface area contributed by atoms with E-state index in [4.69, 9.17) is 4.74 Å². The standard InChI is InChI=1S/C16H21FN4O2/c1-10-14(20-9-19-10)8-18-11-5-6-12(17)13(7-11)21-15(22)23-16(2,3)4/h5-7,9,18H,8H2,1-4H3,(H,19,20)(H,21,22). The number of H-pyrrole nitrogens is 1. The number of hydrogen-bond acceptors (Lipinski definition) is 4. The van der Waals surface area contributed by atoms with E-state index in [0.29, 0.717) is 12.2 Å². The van der Waals surface area contributed by atoms with Crippen LogP contribution in [-0.4, -0.2) is 21.7 Å². The molecule has 3 N–H and O–H groups in total. The summed E-state index contributed by atoms with van der Waals surface area (Å²) in [5, 5.41) is 5.55. The number of imidazole rings is 1. The van der Waals surface area contributed by atoms with Crippen LogP contribution in [0, 0.1) is 12.7 Å². The van der Waals surface area contributed by atoms with E-state index >= 15 is 0 Å². The van der Waals surface area contributed by atoms with Crippen molar-refractivity contribution >= 4 is 17.5 Å². The first kappa shape index (κ1) is 16.8. The van der Waals surface area contributed by atoms with Crippen molar-refractivity contribution < 1.29 is 13.9 Å². The molecule has 0 spiro atoms. The van der Waals surface area contributed by atoms with Crippen molar-refractivity contribution in [1.29, 1.82) is 0 Å². The molecule has 6 nitrogen and oxygen atoms in total. The van der Waals surface area contributed by atoms with E-state index in [0.717, 1.165) is 11.4 Å². The number of aryl methyl sites for hydroxylation is 1. The average molecular weight is 320 g/mol. The van der Waals surface area contributed by atoms with Gasteiger partial charge in [0.05, 0.1) is 24.3 Å². The van der Waals surface area contributed by atoms with Gasteiger partial charge >= 0.3 is 6.09 Å². The van der Waals surface area contributed by atoms with Crippen LogP contribution in [-0.2, 0) is 11.3 Å². The van der Waals surface area contributed by atoms with E-state index in [1.165, 1.54) is 12.1 Å². The zero-order valence-corrected chi connectivity index (χ0v) is 13.7. The smallest absolute Gasteiger partial charge is 0.412 e. The van der Waals surface area contributed by atoms with Gasteiger partial charge in [0.25, 0.3) is 0 Å². The van der Waals surface area contributed by atoms with Crippen LogP contribution in [0.2, 0.25) is 0 Å². The van der Waals surface area contributed by atoms with Crippen LogP contribution < -0.4 is 10.6 Å². The summed E-state index contributed by atoms with van der Waals surface area (Å²) in [7, 11) is 0. The highest BCUT2D eigenvalue weighted by atomic mass is 19.1. The van der Waals surface area contributed by atoms with Gasteiger partial charge < -0.3 is 15.0 Å². The Kier molecular flexibility index (Phi) is 4.88. The zero-order valence-electron chi connectivity index (χ0n) is 13.7. The summed E-state index contributed by atoms with van der Waals surface area (Å²) in [4.78, 5) is 18.9. The van der Waals surface area contributed by atoms with Gasteiger partial charge in [0.15, 0.2) is 0 Å². The van der Waals surface area contributed by atoms with Gasteiger partial charge in [0.1, 0.15) is 11.4 Å². The number of ether oxygens (including phenoxy) is 1. The highest BCUT2D eigenvalue weighted by Gasteiger charge is 2.17. The van der Waals surface area contributed by atoms with Crippen molar-refractivity contribution in [2.75, 3.05) is 10.6 Å². The Morgan fingerprint density at radius 3 is 2.74 bits per heavy atom. The Morgan fingerprint density at radius 2 is 2.13 bits per heavy atom. The molecule has 0 atom stereocenters. The SMILES string of the molecule is Cc1[nH]cnc1CNc1ccc(F)c(NC(=O)OC(C)(C)C)c1. The minimum Gasteiger partial charge on any atom is -0.444 e. The van der Waals surface area contributed by atoms with Gasteiger partial charge in [0, 0.05) is 11.4 Å². The van der Waals surface area contributed by atoms with E-state index in [1.807, 2.05) is 6.92 Å². The first-order valence-electron chi connectivity index (χ1n) is 7.27. The molecule has 0 saturated heterocycles. The molecule has 0 unspecified atom stereocenters. The van der Waals surface area contributed by atoms with Crippen molar-refractivity contribution in [2.45, 2.75) is 39.8 Å². The predicted octanol–water partition coefficient (Wildman–Crippen LogP) is 3.82. The first-order chi connectivity index (χ1) is 10.7. The second-order valence-corrected chi connectivity index (χ2v) is 6.15. The number of anilines is 2. The molecule has 0 bridgehead atoms. The lowest BCUT2D eigenvalue weighted by atomic mass is 10.2. The van der Waals surface area contributed by atoms with Gasteiger partial charge in [-0.2, -0.15) is 0 Å². The Balaban J connectivity index is 2.03. The van der Waals surface area contributed by atoms with Gasteiger partial charge in [0.2, 0.25) is 0 Å². The number of carbonyl (C=O) groups is 1. The topological polar surface area (TPSA) is 79.0 Å². The minimum absolute atomic E-state index is 0.0583. The Morgan fingerprint density at radius 1 is 1.39 bits per heavy atom. The Hall–Kier alpha value is -2.57. The molecule has 1 heterocycles. The van der Waals surface area contributed by atoms with Gasteiger partial charge in [-0.15, -0.1) is 0 Å². The van der Waals surface area contributed by atoms with Crippen LogP contribution in [0.3, 0.4) is 0 Å². The summed E-state index contributed by atoms with van der Waals surface area (Å²) in [6, 6.07) is 4.39. The molecule has 1 aromatic carbocycles. The maximum Gasteiger partial charge on any atom is 0.412 e. The number of amides is 1. The fourth-order valence-corrected chi connectivity index (χ4v) is 1.90. The van der Waals surface area contributed by atoms with Crippen LogP contribution in [0.5, 0.6) is 0 Å². The van der Waals surface area contributed by atoms with Crippen molar-refractivity contribution in [3.8, 4) is 0 Å². The van der Waals surface area contributed by atoms with Crippen LogP contribution >= 0.6 is 0 Å². The van der Waals surface area contributed by atoms with Crippen molar-refractivity contribution in [3.05, 3.63) is 41.7 Å². The Bertz CT molecular complexity index is 692. The normalized spacial score (nSPS) is 11.2. The number of aromatic nitrogens is 2. The van der Waals surface area contributed by atoms with Crippen molar-refractivity contribution in [3.63, 3.8) is 0 Å². The number of aromatic amines is 1. The quantitative estimate of drug-likeness (QED) is 0.800. The maximum atomic E-state index is 13.8. The number of nitrogens with zero attached hydrogens (tertiary/aromatic N) is 1. The van der Waals surface area contributed by atoms with E-state index in [-0.39, 0.29) is 5.69 Å². The fraction of sp³-hybridized carbons (Fsp3) is 0.375. The highest BCUT2D eigenvalue weighted by Crippen LogP contribution is 2.21. The molecule has 1 aromatic heterocycles. The molecule has 0 saturated carbocycles. The molecular weight excluding hydrogens is 299 g/mol. The van der Waals surface area contributed by atoms with E-state index in [1.54, 1.807) is 33.2 Å². The van der Waals surface area contributed by atoms with Crippen LogP contribution in [0.4, 0.5) is 20.6 Å². The van der Waals surface area contributed by atoms with Gasteiger partial charge in [-0.3, -0.25) is 5.32 Å². The molecule has 0 aliphatic heterocycles. The summed E-state index contributed by atoms with van der Waals surface area (Å²) in [5.41, 5.74) is 1.92. The molecule has 2 rings (SSSR count). The van der Waals surface area contributed by atoms with Crippen molar-refractivity contribution in [1.82, 2.24) is 9.97 Å². The number of carbonyl (C=O) groups excluding carboxylic acids is 1. The number of benzene rings is 1. The minimum atomic E-state index is -0.698. The molecule has 0 aliphatic carbocycles. The fourth-order valence-electron chi connectivity index (χ4n) is 1.90. The summed E-state index contributed by atoms with van der Waals surface area (Å²) in [6.45, 7) is 7.64. The second-order valence-electron chi connectivity index (χ2n) is 6.15. The lowest BCUT2D eigenvalue weighted by Crippen LogP contribution is -2.27. The van der Waals surface area contributed by atoms with Crippen molar-refractivity contribution in [2.24, 2.45) is 0 Å². The third kappa shape index (κ3) is 4.98. The molecular formula is C16H21FN4O2. The highest BCUT2D eigenvalue weighted by molar-refractivity contribution is 5.85. The predicted molar refractivity (Wildman–Crippen MR) is 86.9 cm³/mol. The van der Waals surface area contributed by atoms with E-state index < -0.39 is 17.5 Å². The van der Waals surface area contributed by atoms with Crippen LogP contribution in [0.1, 0.15) is 32.2 Å². The average Bonchev–Trinajstić information content (AvgIpc) is 2.83. The number of rotatable bonds is 4. The zero-order chi connectivity index (χ0) is 17.0. The first-order valence-corrected chi connectivity index (χ1v) is 7.27. The summed E-state index contributed by atoms with van der Waals surface area (Å²) in [6.07, 6.45) is 0.920. The van der Waals surface area contributed by atoms with E-state index in [2.05, 4.69) is 20.6 Å². The van der Waals surface area contributed by atoms with Gasteiger partial charge in [-0.1, -0.05) is 0 Å². The number of halogens is 1. The summed E-state index contributed by atoms with van der Waals surface area (Å²) >= 11 is 0. The number of nitrogens with one attached hydrogen (secondary N) is 3. The third-order valence-electron chi connectivity index (χ3n) is 3.00. The lowest BCUT2D eigenvalue weighted by molar-refractivity contribution is 0.0635. The number of hydrogen-bond donors (Lipinski definition) is 3. The van der Waals surface area contributed by atoms with Crippen LogP contribution in [0.25, 0.3) is 0 Å². The van der Waals surface area contributed by atoms with Gasteiger partial charge in [-0.05, 0) is 45.9 Å². The molecule has 1 amide bonds. The molecule has 0 fully saturated rings. The molecule has 7 heteroatoms. The Labute approximate surface area is 134 Å². The molecule has 124 valence electrons. The molecule has 0 radical (unpaired) electrons.